The van der Waals surface area contributed by atoms with E-state index in [9.17, 15) is 13.2 Å². The van der Waals surface area contributed by atoms with Crippen LogP contribution in [0.15, 0.2) is 24.3 Å². The van der Waals surface area contributed by atoms with E-state index in [2.05, 4.69) is 36.3 Å². The molecular weight excluding hydrogens is 428 g/mol. The molecule has 0 saturated carbocycles. The van der Waals surface area contributed by atoms with Gasteiger partial charge in [0.05, 0.1) is 11.2 Å². The van der Waals surface area contributed by atoms with Crippen LogP contribution in [0.3, 0.4) is 0 Å². The summed E-state index contributed by atoms with van der Waals surface area (Å²) in [4.78, 5) is 4.10. The molecule has 0 aliphatic rings. The highest BCUT2D eigenvalue weighted by atomic mass is 32.1. The van der Waals surface area contributed by atoms with Gasteiger partial charge in [0.25, 0.3) is 0 Å². The number of nitrogens with two attached hydrogens (primary N) is 1. The van der Waals surface area contributed by atoms with E-state index in [-0.39, 0.29) is 22.3 Å². The van der Waals surface area contributed by atoms with Gasteiger partial charge in [-0.25, -0.2) is 13.7 Å². The van der Waals surface area contributed by atoms with E-state index in [1.54, 1.807) is 45.2 Å². The zero-order valence-corrected chi connectivity index (χ0v) is 18.9. The first-order chi connectivity index (χ1) is 12.8. The van der Waals surface area contributed by atoms with Crippen molar-refractivity contribution >= 4 is 41.9 Å². The lowest BCUT2D eigenvalue weighted by Gasteiger charge is -2.35. The maximum absolute atomic E-state index is 15.6. The number of hydrogen-bond donors (Lipinski definition) is 2. The number of nitrogens with zero attached hydrogens (tertiary/aromatic N) is 2. The molecule has 1 heterocycles. The van der Waals surface area contributed by atoms with Crippen molar-refractivity contribution in [1.82, 2.24) is 9.29 Å². The summed E-state index contributed by atoms with van der Waals surface area (Å²) in [5, 5.41) is 0.903. The van der Waals surface area contributed by atoms with E-state index in [1.807, 2.05) is 0 Å². The lowest BCUT2D eigenvalue weighted by atomic mass is 9.89. The highest BCUT2D eigenvalue weighted by Crippen LogP contribution is 2.39. The van der Waals surface area contributed by atoms with Crippen molar-refractivity contribution in [2.24, 2.45) is 5.73 Å². The van der Waals surface area contributed by atoms with Gasteiger partial charge in [-0.05, 0) is 31.5 Å². The number of hydrogen-bond acceptors (Lipinski definition) is 4. The summed E-state index contributed by atoms with van der Waals surface area (Å²) in [5.74, 6) is -2.70. The molecule has 154 valence electrons. The van der Waals surface area contributed by atoms with Crippen molar-refractivity contribution in [2.45, 2.75) is 31.5 Å². The SMILES string of the molecule is CN(S)C(C)(C)c1c(F)c(-c2ccc(P)cc2)nc([C@@H](CN)C(F)(F)F)c1P. The van der Waals surface area contributed by atoms with Crippen LogP contribution in [0.1, 0.15) is 31.0 Å². The van der Waals surface area contributed by atoms with E-state index in [0.717, 1.165) is 5.30 Å². The van der Waals surface area contributed by atoms with E-state index >= 15 is 4.39 Å². The number of benzene rings is 1. The Labute approximate surface area is 172 Å². The molecule has 3 atom stereocenters. The average Bonchev–Trinajstić information content (AvgIpc) is 2.57. The minimum absolute atomic E-state index is 0.0441. The van der Waals surface area contributed by atoms with Gasteiger partial charge in [-0.15, -0.1) is 18.5 Å². The Bertz CT molecular complexity index is 855. The first kappa shape index (κ1) is 23.5. The van der Waals surface area contributed by atoms with Gasteiger partial charge in [0.2, 0.25) is 0 Å². The molecule has 0 saturated heterocycles. The second-order valence-electron chi connectivity index (χ2n) is 6.98. The molecule has 0 radical (unpaired) electrons. The first-order valence-corrected chi connectivity index (χ1v) is 9.92. The lowest BCUT2D eigenvalue weighted by Crippen LogP contribution is -2.40. The molecule has 0 spiro atoms. The fourth-order valence-electron chi connectivity index (χ4n) is 2.85. The molecule has 2 unspecified atom stereocenters. The third kappa shape index (κ3) is 4.52. The second-order valence-corrected chi connectivity index (χ2v) is 8.83. The fraction of sp³-hybridized carbons (Fsp3) is 0.389. The van der Waals surface area contributed by atoms with Crippen molar-refractivity contribution in [3.63, 3.8) is 0 Å². The number of halogens is 4. The van der Waals surface area contributed by atoms with Gasteiger partial charge in [0, 0.05) is 17.7 Å². The molecule has 0 bridgehead atoms. The largest absolute Gasteiger partial charge is 0.398 e. The third-order valence-electron chi connectivity index (χ3n) is 4.77. The summed E-state index contributed by atoms with van der Waals surface area (Å²) in [6.45, 7) is 2.66. The van der Waals surface area contributed by atoms with Crippen LogP contribution in [-0.4, -0.2) is 29.1 Å². The van der Waals surface area contributed by atoms with Crippen molar-refractivity contribution in [3.05, 3.63) is 41.3 Å². The van der Waals surface area contributed by atoms with Crippen LogP contribution in [0.5, 0.6) is 0 Å². The van der Waals surface area contributed by atoms with E-state index in [1.165, 1.54) is 4.31 Å². The normalized spacial score (nSPS) is 13.9. The zero-order valence-electron chi connectivity index (χ0n) is 15.7. The van der Waals surface area contributed by atoms with Gasteiger partial charge in [-0.3, -0.25) is 0 Å². The Morgan fingerprint density at radius 2 is 1.71 bits per heavy atom. The number of alkyl halides is 3. The maximum Gasteiger partial charge on any atom is 0.398 e. The molecular formula is C18H23F4N3P2S. The zero-order chi connectivity index (χ0) is 21.4. The third-order valence-corrected chi connectivity index (χ3v) is 6.24. The molecule has 2 aromatic rings. The second kappa shape index (κ2) is 8.53. The minimum Gasteiger partial charge on any atom is -0.329 e. The molecule has 0 aliphatic heterocycles. The first-order valence-electron chi connectivity index (χ1n) is 8.37. The summed E-state index contributed by atoms with van der Waals surface area (Å²) in [7, 11) is 6.32. The van der Waals surface area contributed by atoms with E-state index < -0.39 is 30.0 Å². The Kier molecular flexibility index (Phi) is 7.16. The molecule has 3 nitrogen and oxygen atoms in total. The number of aromatic nitrogens is 1. The van der Waals surface area contributed by atoms with Gasteiger partial charge in [0.15, 0.2) is 5.82 Å². The standard InChI is InChI=1S/C18H23F4N3P2S/c1-17(2,25(3)28)12-13(19)14(9-4-6-10(26)7-5-9)24-15(16(12)27)11(8-23)18(20,21)22/h4-7,11,28H,8,23,26-27H2,1-3H3/t11-/m1/s1. The Hall–Kier alpha value is -0.780. The Morgan fingerprint density at radius 3 is 2.14 bits per heavy atom. The summed E-state index contributed by atoms with van der Waals surface area (Å²) in [5.41, 5.74) is 4.43. The molecule has 0 aliphatic carbocycles. The molecule has 10 heteroatoms. The van der Waals surface area contributed by atoms with Crippen LogP contribution in [-0.2, 0) is 5.54 Å². The van der Waals surface area contributed by atoms with Crippen LogP contribution >= 0.6 is 31.3 Å². The number of thiol groups is 1. The quantitative estimate of drug-likeness (QED) is 0.416. The Balaban J connectivity index is 2.90. The van der Waals surface area contributed by atoms with Crippen molar-refractivity contribution in [1.29, 1.82) is 0 Å². The molecule has 1 aromatic carbocycles. The monoisotopic (exact) mass is 451 g/mol. The number of pyridine rings is 1. The minimum atomic E-state index is -4.61. The predicted molar refractivity (Wildman–Crippen MR) is 116 cm³/mol. The molecule has 28 heavy (non-hydrogen) atoms. The fourth-order valence-corrected chi connectivity index (χ4v) is 3.89. The summed E-state index contributed by atoms with van der Waals surface area (Å²) < 4.78 is 57.8. The number of rotatable bonds is 5. The van der Waals surface area contributed by atoms with Crippen LogP contribution in [0, 0.1) is 5.82 Å². The highest BCUT2D eigenvalue weighted by molar-refractivity contribution is 7.77. The molecule has 2 N–H and O–H groups in total. The Morgan fingerprint density at radius 1 is 1.18 bits per heavy atom. The van der Waals surface area contributed by atoms with Crippen molar-refractivity contribution in [2.75, 3.05) is 13.6 Å². The van der Waals surface area contributed by atoms with Crippen molar-refractivity contribution < 1.29 is 17.6 Å². The molecule has 0 amide bonds. The van der Waals surface area contributed by atoms with E-state index in [4.69, 9.17) is 5.73 Å². The highest BCUT2D eigenvalue weighted by Gasteiger charge is 2.44. The van der Waals surface area contributed by atoms with Crippen LogP contribution < -0.4 is 16.3 Å². The van der Waals surface area contributed by atoms with Gasteiger partial charge >= 0.3 is 6.18 Å². The summed E-state index contributed by atoms with van der Waals surface area (Å²) in [6, 6.07) is 6.67. The topological polar surface area (TPSA) is 42.2 Å². The van der Waals surface area contributed by atoms with Crippen molar-refractivity contribution in [3.8, 4) is 11.3 Å². The smallest absolute Gasteiger partial charge is 0.329 e. The molecule has 2 rings (SSSR count). The average molecular weight is 451 g/mol. The van der Waals surface area contributed by atoms with Crippen LogP contribution in [0.25, 0.3) is 11.3 Å². The summed E-state index contributed by atoms with van der Waals surface area (Å²) in [6.07, 6.45) is -4.61. The maximum atomic E-state index is 15.6. The van der Waals surface area contributed by atoms with E-state index in [0.29, 0.717) is 5.56 Å². The van der Waals surface area contributed by atoms with Gasteiger partial charge in [-0.2, -0.15) is 13.2 Å². The lowest BCUT2D eigenvalue weighted by molar-refractivity contribution is -0.148. The van der Waals surface area contributed by atoms with Crippen LogP contribution in [0.2, 0.25) is 0 Å². The van der Waals surface area contributed by atoms with Crippen LogP contribution in [0.4, 0.5) is 17.6 Å². The summed E-state index contributed by atoms with van der Waals surface area (Å²) >= 11 is 4.27. The van der Waals surface area contributed by atoms with Gasteiger partial charge in [-0.1, -0.05) is 37.1 Å². The predicted octanol–water partition coefficient (Wildman–Crippen LogP) is 3.50. The molecule has 0 fully saturated rings. The molecule has 1 aromatic heterocycles. The van der Waals surface area contributed by atoms with Gasteiger partial charge in [0.1, 0.15) is 11.6 Å². The van der Waals surface area contributed by atoms with Gasteiger partial charge < -0.3 is 5.73 Å².